The molecule has 2 rings (SSSR count). The van der Waals surface area contributed by atoms with Crippen LogP contribution in [0.4, 0.5) is 13.2 Å². The molecule has 0 amide bonds. The van der Waals surface area contributed by atoms with Gasteiger partial charge in [-0.25, -0.2) is 4.98 Å². The molecule has 0 fully saturated rings. The summed E-state index contributed by atoms with van der Waals surface area (Å²) in [5.74, 6) is -0.0938. The Balaban J connectivity index is 2.67. The smallest absolute Gasteiger partial charge is 0.338 e. The number of halogens is 7. The molecule has 0 spiro atoms. The van der Waals surface area contributed by atoms with Crippen LogP contribution in [0.1, 0.15) is 11.4 Å². The number of H-pyrrole nitrogens is 1. The summed E-state index contributed by atoms with van der Waals surface area (Å²) in [4.78, 5) is 6.35. The lowest BCUT2D eigenvalue weighted by Crippen LogP contribution is -2.04. The average Bonchev–Trinajstić information content (AvgIpc) is 2.59. The number of alkyl halides is 6. The summed E-state index contributed by atoms with van der Waals surface area (Å²) in [5, 5.41) is -0.170. The number of aromatic amines is 1. The number of imidazole rings is 1. The highest BCUT2D eigenvalue weighted by Crippen LogP contribution is 2.39. The van der Waals surface area contributed by atoms with Crippen LogP contribution < -0.4 is 0 Å². The van der Waals surface area contributed by atoms with Gasteiger partial charge in [-0.15, -0.1) is 0 Å². The van der Waals surface area contributed by atoms with Gasteiger partial charge in [0.15, 0.2) is 5.82 Å². The first kappa shape index (κ1) is 14.1. The Kier molecular flexibility index (Phi) is 3.39. The second-order valence-corrected chi connectivity index (χ2v) is 6.12. The van der Waals surface area contributed by atoms with Gasteiger partial charge < -0.3 is 4.98 Å². The molecule has 1 aromatic heterocycles. The first-order valence-electron chi connectivity index (χ1n) is 4.42. The monoisotopic (exact) mass is 336 g/mol. The Morgan fingerprint density at radius 3 is 2.22 bits per heavy atom. The molecule has 18 heavy (non-hydrogen) atoms. The third-order valence-electron chi connectivity index (χ3n) is 2.14. The summed E-state index contributed by atoms with van der Waals surface area (Å²) < 4.78 is 35.8. The number of hydrogen-bond donors (Lipinski definition) is 1. The lowest BCUT2D eigenvalue weighted by atomic mass is 10.2. The van der Waals surface area contributed by atoms with Crippen molar-refractivity contribution in [2.24, 2.45) is 0 Å². The van der Waals surface area contributed by atoms with E-state index in [1.54, 1.807) is 0 Å². The topological polar surface area (TPSA) is 28.7 Å². The molecule has 2 aromatic rings. The number of fused-ring (bicyclic) bond motifs is 1. The first-order chi connectivity index (χ1) is 8.09. The van der Waals surface area contributed by atoms with Crippen LogP contribution in [0, 0.1) is 0 Å². The van der Waals surface area contributed by atoms with Gasteiger partial charge in [0.1, 0.15) is 5.52 Å². The van der Waals surface area contributed by atoms with Crippen molar-refractivity contribution < 1.29 is 13.2 Å². The molecule has 1 heterocycles. The minimum Gasteiger partial charge on any atom is -0.338 e. The van der Waals surface area contributed by atoms with Crippen molar-refractivity contribution in [3.63, 3.8) is 0 Å². The zero-order chi connectivity index (χ0) is 13.7. The van der Waals surface area contributed by atoms with Crippen LogP contribution >= 0.6 is 46.4 Å². The Hall–Kier alpha value is -0.360. The predicted molar refractivity (Wildman–Crippen MR) is 65.3 cm³/mol. The van der Waals surface area contributed by atoms with Gasteiger partial charge in [-0.3, -0.25) is 0 Å². The van der Waals surface area contributed by atoms with Gasteiger partial charge in [-0.2, -0.15) is 13.2 Å². The molecule has 98 valence electrons. The van der Waals surface area contributed by atoms with Gasteiger partial charge in [0.2, 0.25) is 3.79 Å². The van der Waals surface area contributed by atoms with Crippen molar-refractivity contribution in [1.82, 2.24) is 9.97 Å². The van der Waals surface area contributed by atoms with E-state index in [0.29, 0.717) is 0 Å². The van der Waals surface area contributed by atoms with Gasteiger partial charge in [-0.1, -0.05) is 46.4 Å². The Bertz CT molecular complexity index is 600. The van der Waals surface area contributed by atoms with E-state index in [-0.39, 0.29) is 21.9 Å². The standard InChI is InChI=1S/C9H3Cl4F3N2/c10-4-1-3(9(14,15)16)2-5-6(4)18-7(17-5)8(11,12)13/h1-2H,(H,17,18). The van der Waals surface area contributed by atoms with E-state index in [0.717, 1.165) is 12.1 Å². The Labute approximate surface area is 119 Å². The summed E-state index contributed by atoms with van der Waals surface area (Å²) in [6, 6.07) is 1.63. The van der Waals surface area contributed by atoms with E-state index in [1.807, 2.05) is 0 Å². The van der Waals surface area contributed by atoms with E-state index in [4.69, 9.17) is 46.4 Å². The average molecular weight is 338 g/mol. The molecular weight excluding hydrogens is 335 g/mol. The third-order valence-corrected chi connectivity index (χ3v) is 2.96. The number of hydrogen-bond acceptors (Lipinski definition) is 1. The van der Waals surface area contributed by atoms with E-state index < -0.39 is 15.5 Å². The normalized spacial score (nSPS) is 13.3. The predicted octanol–water partition coefficient (Wildman–Crippen LogP) is 5.06. The van der Waals surface area contributed by atoms with Crippen molar-refractivity contribution in [3.05, 3.63) is 28.5 Å². The lowest BCUT2D eigenvalue weighted by Gasteiger charge is -2.06. The third kappa shape index (κ3) is 2.64. The second kappa shape index (κ2) is 4.34. The van der Waals surface area contributed by atoms with Crippen LogP contribution in [0.2, 0.25) is 5.02 Å². The molecule has 9 heteroatoms. The largest absolute Gasteiger partial charge is 0.416 e. The van der Waals surface area contributed by atoms with Crippen molar-refractivity contribution in [2.45, 2.75) is 9.97 Å². The number of nitrogens with one attached hydrogen (secondary N) is 1. The fourth-order valence-corrected chi connectivity index (χ4v) is 1.90. The van der Waals surface area contributed by atoms with Crippen LogP contribution in [0.25, 0.3) is 11.0 Å². The van der Waals surface area contributed by atoms with Crippen molar-refractivity contribution >= 4 is 57.4 Å². The van der Waals surface area contributed by atoms with Crippen LogP contribution in [-0.2, 0) is 9.97 Å². The number of aromatic nitrogens is 2. The summed E-state index contributed by atoms with van der Waals surface area (Å²) >= 11 is 22.5. The minimum atomic E-state index is -4.51. The van der Waals surface area contributed by atoms with Gasteiger partial charge in [0.05, 0.1) is 16.1 Å². The molecule has 1 N–H and O–H groups in total. The summed E-state index contributed by atoms with van der Waals surface area (Å²) in [5.41, 5.74) is -0.735. The molecule has 0 aliphatic heterocycles. The molecule has 0 saturated carbocycles. The lowest BCUT2D eigenvalue weighted by molar-refractivity contribution is -0.137. The maximum Gasteiger partial charge on any atom is 0.416 e. The second-order valence-electron chi connectivity index (χ2n) is 3.44. The molecule has 0 aliphatic rings. The molecule has 0 atom stereocenters. The van der Waals surface area contributed by atoms with Gasteiger partial charge in [0.25, 0.3) is 0 Å². The first-order valence-corrected chi connectivity index (χ1v) is 5.94. The van der Waals surface area contributed by atoms with E-state index >= 15 is 0 Å². The SMILES string of the molecule is FC(F)(F)c1cc(Cl)c2nc(C(Cl)(Cl)Cl)[nH]c2c1. The highest BCUT2D eigenvalue weighted by molar-refractivity contribution is 6.66. The van der Waals surface area contributed by atoms with E-state index in [9.17, 15) is 13.2 Å². The molecule has 0 bridgehead atoms. The molecule has 0 radical (unpaired) electrons. The summed E-state index contributed by atoms with van der Waals surface area (Å²) in [7, 11) is 0. The summed E-state index contributed by atoms with van der Waals surface area (Å²) in [6.45, 7) is 0. The molecular formula is C9H3Cl4F3N2. The van der Waals surface area contributed by atoms with Crippen LogP contribution in [0.5, 0.6) is 0 Å². The quantitative estimate of drug-likeness (QED) is 0.668. The molecule has 0 saturated heterocycles. The molecule has 1 aromatic carbocycles. The molecule has 2 nitrogen and oxygen atoms in total. The fraction of sp³-hybridized carbons (Fsp3) is 0.222. The van der Waals surface area contributed by atoms with Crippen molar-refractivity contribution in [2.75, 3.05) is 0 Å². The Morgan fingerprint density at radius 2 is 1.72 bits per heavy atom. The van der Waals surface area contributed by atoms with E-state index in [2.05, 4.69) is 9.97 Å². The Morgan fingerprint density at radius 1 is 1.11 bits per heavy atom. The number of nitrogens with zero attached hydrogens (tertiary/aromatic N) is 1. The van der Waals surface area contributed by atoms with Crippen molar-refractivity contribution in [3.8, 4) is 0 Å². The highest BCUT2D eigenvalue weighted by atomic mass is 35.6. The molecule has 0 unspecified atom stereocenters. The maximum absolute atomic E-state index is 12.6. The minimum absolute atomic E-state index is 0.0520. The van der Waals surface area contributed by atoms with Gasteiger partial charge in [-0.05, 0) is 12.1 Å². The van der Waals surface area contributed by atoms with E-state index in [1.165, 1.54) is 0 Å². The number of benzene rings is 1. The molecule has 0 aliphatic carbocycles. The zero-order valence-corrected chi connectivity index (χ0v) is 11.3. The number of rotatable bonds is 0. The fourth-order valence-electron chi connectivity index (χ4n) is 1.37. The van der Waals surface area contributed by atoms with Crippen LogP contribution in [0.3, 0.4) is 0 Å². The van der Waals surface area contributed by atoms with Crippen molar-refractivity contribution in [1.29, 1.82) is 0 Å². The van der Waals surface area contributed by atoms with Gasteiger partial charge >= 0.3 is 6.18 Å². The maximum atomic E-state index is 12.6. The van der Waals surface area contributed by atoms with Crippen LogP contribution in [-0.4, -0.2) is 9.97 Å². The highest BCUT2D eigenvalue weighted by Gasteiger charge is 2.33. The summed E-state index contributed by atoms with van der Waals surface area (Å²) in [6.07, 6.45) is -4.51. The zero-order valence-electron chi connectivity index (χ0n) is 8.25. The van der Waals surface area contributed by atoms with Crippen LogP contribution in [0.15, 0.2) is 12.1 Å². The van der Waals surface area contributed by atoms with Gasteiger partial charge in [0, 0.05) is 0 Å².